The van der Waals surface area contributed by atoms with Crippen LogP contribution < -0.4 is 4.90 Å². The molecule has 1 fully saturated rings. The zero-order valence-electron chi connectivity index (χ0n) is 8.99. The van der Waals surface area contributed by atoms with Crippen molar-refractivity contribution in [3.05, 3.63) is 17.5 Å². The molecule has 2 rings (SSSR count). The summed E-state index contributed by atoms with van der Waals surface area (Å²) >= 11 is 5.86. The van der Waals surface area contributed by atoms with Gasteiger partial charge in [-0.1, -0.05) is 18.5 Å². The maximum Gasteiger partial charge on any atom is 0.134 e. The van der Waals surface area contributed by atoms with E-state index in [1.807, 2.05) is 6.07 Å². The van der Waals surface area contributed by atoms with E-state index >= 15 is 0 Å². The molecule has 1 heterocycles. The van der Waals surface area contributed by atoms with Crippen molar-refractivity contribution < 1.29 is 0 Å². The first-order chi connectivity index (χ1) is 7.29. The zero-order chi connectivity index (χ0) is 10.7. The molecule has 1 aromatic heterocycles. The van der Waals surface area contributed by atoms with Gasteiger partial charge in [0, 0.05) is 19.2 Å². The molecule has 1 aromatic rings. The Morgan fingerprint density at radius 3 is 2.87 bits per heavy atom. The molecule has 15 heavy (non-hydrogen) atoms. The molecule has 0 bridgehead atoms. The first-order valence-corrected chi connectivity index (χ1v) is 5.90. The summed E-state index contributed by atoms with van der Waals surface area (Å²) in [6.07, 6.45) is 5.39. The van der Waals surface area contributed by atoms with Crippen LogP contribution in [0.15, 0.2) is 12.4 Å². The molecular weight excluding hydrogens is 210 g/mol. The fourth-order valence-electron chi connectivity index (χ4n) is 1.68. The molecule has 0 amide bonds. The monoisotopic (exact) mass is 225 g/mol. The Morgan fingerprint density at radius 1 is 1.47 bits per heavy atom. The van der Waals surface area contributed by atoms with Crippen molar-refractivity contribution >= 4 is 17.4 Å². The second kappa shape index (κ2) is 4.79. The fraction of sp³-hybridized carbons (Fsp3) is 0.636. The van der Waals surface area contributed by atoms with E-state index in [4.69, 9.17) is 11.6 Å². The van der Waals surface area contributed by atoms with Crippen LogP contribution in [0.25, 0.3) is 0 Å². The number of nitrogens with zero attached hydrogens (tertiary/aromatic N) is 3. The standard InChI is InChI=1S/C11H16ClN3/c1-2-5-15(7-9-3-4-9)11-6-10(12)13-8-14-11/h6,8-9H,2-5,7H2,1H3. The molecule has 1 saturated carbocycles. The molecule has 0 aromatic carbocycles. The molecule has 0 saturated heterocycles. The molecule has 0 N–H and O–H groups in total. The van der Waals surface area contributed by atoms with Gasteiger partial charge in [-0.25, -0.2) is 9.97 Å². The predicted molar refractivity (Wildman–Crippen MR) is 62.3 cm³/mol. The smallest absolute Gasteiger partial charge is 0.134 e. The third-order valence-corrected chi connectivity index (χ3v) is 2.82. The molecule has 0 spiro atoms. The lowest BCUT2D eigenvalue weighted by Gasteiger charge is -2.22. The van der Waals surface area contributed by atoms with E-state index in [1.54, 1.807) is 0 Å². The normalized spacial score (nSPS) is 15.3. The van der Waals surface area contributed by atoms with Crippen LogP contribution in [0.5, 0.6) is 0 Å². The number of anilines is 1. The largest absolute Gasteiger partial charge is 0.356 e. The van der Waals surface area contributed by atoms with Crippen LogP contribution >= 0.6 is 11.6 Å². The maximum atomic E-state index is 5.86. The topological polar surface area (TPSA) is 29.0 Å². The number of halogens is 1. The van der Waals surface area contributed by atoms with Gasteiger partial charge in [0.15, 0.2) is 0 Å². The van der Waals surface area contributed by atoms with E-state index in [-0.39, 0.29) is 0 Å². The van der Waals surface area contributed by atoms with Crippen LogP contribution in [-0.4, -0.2) is 23.1 Å². The van der Waals surface area contributed by atoms with Gasteiger partial charge in [0.2, 0.25) is 0 Å². The lowest BCUT2D eigenvalue weighted by molar-refractivity contribution is 0.698. The molecule has 4 heteroatoms. The van der Waals surface area contributed by atoms with Crippen LogP contribution in [0.4, 0.5) is 5.82 Å². The van der Waals surface area contributed by atoms with Crippen LogP contribution in [0.3, 0.4) is 0 Å². The quantitative estimate of drug-likeness (QED) is 0.722. The minimum atomic E-state index is 0.525. The molecule has 0 unspecified atom stereocenters. The van der Waals surface area contributed by atoms with Crippen molar-refractivity contribution in [1.29, 1.82) is 0 Å². The molecule has 0 aliphatic heterocycles. The van der Waals surface area contributed by atoms with Crippen molar-refractivity contribution in [1.82, 2.24) is 9.97 Å². The fourth-order valence-corrected chi connectivity index (χ4v) is 1.82. The zero-order valence-corrected chi connectivity index (χ0v) is 9.74. The van der Waals surface area contributed by atoms with Gasteiger partial charge in [-0.3, -0.25) is 0 Å². The van der Waals surface area contributed by atoms with Gasteiger partial charge in [-0.2, -0.15) is 0 Å². The summed E-state index contributed by atoms with van der Waals surface area (Å²) in [4.78, 5) is 10.5. The number of hydrogen-bond acceptors (Lipinski definition) is 3. The number of hydrogen-bond donors (Lipinski definition) is 0. The molecule has 3 nitrogen and oxygen atoms in total. The Balaban J connectivity index is 2.07. The van der Waals surface area contributed by atoms with Crippen molar-refractivity contribution in [3.8, 4) is 0 Å². The highest BCUT2D eigenvalue weighted by atomic mass is 35.5. The van der Waals surface area contributed by atoms with Gasteiger partial charge in [0.25, 0.3) is 0 Å². The van der Waals surface area contributed by atoms with Crippen molar-refractivity contribution in [2.45, 2.75) is 26.2 Å². The van der Waals surface area contributed by atoms with Gasteiger partial charge in [-0.15, -0.1) is 0 Å². The SMILES string of the molecule is CCCN(CC1CC1)c1cc(Cl)ncn1. The summed E-state index contributed by atoms with van der Waals surface area (Å²) in [6.45, 7) is 4.34. The second-order valence-corrected chi connectivity index (χ2v) is 4.48. The Morgan fingerprint density at radius 2 is 2.27 bits per heavy atom. The van der Waals surface area contributed by atoms with Crippen molar-refractivity contribution in [3.63, 3.8) is 0 Å². The van der Waals surface area contributed by atoms with Gasteiger partial charge >= 0.3 is 0 Å². The van der Waals surface area contributed by atoms with Crippen LogP contribution in [-0.2, 0) is 0 Å². The highest BCUT2D eigenvalue weighted by molar-refractivity contribution is 6.29. The first-order valence-electron chi connectivity index (χ1n) is 5.52. The molecule has 1 aliphatic rings. The average molecular weight is 226 g/mol. The Bertz CT molecular complexity index is 325. The van der Waals surface area contributed by atoms with E-state index in [0.717, 1.165) is 31.2 Å². The van der Waals surface area contributed by atoms with Gasteiger partial charge in [-0.05, 0) is 25.2 Å². The summed E-state index contributed by atoms with van der Waals surface area (Å²) < 4.78 is 0. The van der Waals surface area contributed by atoms with Gasteiger partial charge in [0.1, 0.15) is 17.3 Å². The van der Waals surface area contributed by atoms with E-state index in [2.05, 4.69) is 21.8 Å². The van der Waals surface area contributed by atoms with Gasteiger partial charge < -0.3 is 4.90 Å². The summed E-state index contributed by atoms with van der Waals surface area (Å²) in [7, 11) is 0. The summed E-state index contributed by atoms with van der Waals surface area (Å²) in [5.74, 6) is 1.83. The van der Waals surface area contributed by atoms with E-state index < -0.39 is 0 Å². The molecule has 0 radical (unpaired) electrons. The van der Waals surface area contributed by atoms with Crippen molar-refractivity contribution in [2.24, 2.45) is 5.92 Å². The molecular formula is C11H16ClN3. The van der Waals surface area contributed by atoms with E-state index in [0.29, 0.717) is 5.15 Å². The Hall–Kier alpha value is -0.830. The average Bonchev–Trinajstić information content (AvgIpc) is 3.01. The maximum absolute atomic E-state index is 5.86. The first kappa shape index (κ1) is 10.7. The lowest BCUT2D eigenvalue weighted by atomic mass is 10.3. The minimum Gasteiger partial charge on any atom is -0.356 e. The summed E-state index contributed by atoms with van der Waals surface area (Å²) in [5, 5.41) is 0.525. The lowest BCUT2D eigenvalue weighted by Crippen LogP contribution is -2.27. The van der Waals surface area contributed by atoms with Crippen molar-refractivity contribution in [2.75, 3.05) is 18.0 Å². The second-order valence-electron chi connectivity index (χ2n) is 4.09. The van der Waals surface area contributed by atoms with Crippen LogP contribution in [0, 0.1) is 5.92 Å². The van der Waals surface area contributed by atoms with Crippen LogP contribution in [0.2, 0.25) is 5.15 Å². The third kappa shape index (κ3) is 3.06. The Labute approximate surface area is 95.5 Å². The number of aromatic nitrogens is 2. The van der Waals surface area contributed by atoms with Gasteiger partial charge in [0.05, 0.1) is 0 Å². The highest BCUT2D eigenvalue weighted by Gasteiger charge is 2.24. The third-order valence-electron chi connectivity index (χ3n) is 2.61. The van der Waals surface area contributed by atoms with E-state index in [1.165, 1.54) is 19.2 Å². The highest BCUT2D eigenvalue weighted by Crippen LogP contribution is 2.31. The molecule has 0 atom stereocenters. The molecule has 82 valence electrons. The summed E-state index contributed by atoms with van der Waals surface area (Å²) in [6, 6.07) is 1.85. The Kier molecular flexibility index (Phi) is 3.41. The minimum absolute atomic E-state index is 0.525. The predicted octanol–water partition coefficient (Wildman–Crippen LogP) is 2.76. The van der Waals surface area contributed by atoms with Crippen LogP contribution in [0.1, 0.15) is 26.2 Å². The van der Waals surface area contributed by atoms with E-state index in [9.17, 15) is 0 Å². The molecule has 1 aliphatic carbocycles. The number of rotatable bonds is 5. The summed E-state index contributed by atoms with van der Waals surface area (Å²) in [5.41, 5.74) is 0.